The predicted octanol–water partition coefficient (Wildman–Crippen LogP) is 3.61. The van der Waals surface area contributed by atoms with Gasteiger partial charge in [0.25, 0.3) is 5.91 Å². The van der Waals surface area contributed by atoms with E-state index in [9.17, 15) is 9.59 Å². The highest BCUT2D eigenvalue weighted by atomic mass is 16.5. The molecule has 0 aliphatic carbocycles. The SMILES string of the molecule is CCOC(=O)C(C)c1ccc(NC(=O)c2ccccc2)cc1. The third-order valence-corrected chi connectivity index (χ3v) is 3.34. The van der Waals surface area contributed by atoms with Crippen molar-refractivity contribution < 1.29 is 14.3 Å². The zero-order valence-corrected chi connectivity index (χ0v) is 12.7. The van der Waals surface area contributed by atoms with E-state index in [2.05, 4.69) is 5.32 Å². The minimum atomic E-state index is -0.321. The van der Waals surface area contributed by atoms with Crippen molar-refractivity contribution in [3.63, 3.8) is 0 Å². The molecule has 1 N–H and O–H groups in total. The van der Waals surface area contributed by atoms with Crippen LogP contribution >= 0.6 is 0 Å². The van der Waals surface area contributed by atoms with Crippen LogP contribution in [0, 0.1) is 0 Å². The first-order valence-corrected chi connectivity index (χ1v) is 7.24. The van der Waals surface area contributed by atoms with E-state index in [-0.39, 0.29) is 17.8 Å². The van der Waals surface area contributed by atoms with Gasteiger partial charge >= 0.3 is 5.97 Å². The molecule has 1 unspecified atom stereocenters. The number of carbonyl (C=O) groups excluding carboxylic acids is 2. The van der Waals surface area contributed by atoms with E-state index >= 15 is 0 Å². The maximum absolute atomic E-state index is 12.0. The fourth-order valence-electron chi connectivity index (χ4n) is 2.05. The molecular weight excluding hydrogens is 278 g/mol. The predicted molar refractivity (Wildman–Crippen MR) is 85.9 cm³/mol. The fourth-order valence-corrected chi connectivity index (χ4v) is 2.05. The summed E-state index contributed by atoms with van der Waals surface area (Å²) >= 11 is 0. The van der Waals surface area contributed by atoms with Gasteiger partial charge in [0.05, 0.1) is 12.5 Å². The summed E-state index contributed by atoms with van der Waals surface area (Å²) in [6.07, 6.45) is 0. The summed E-state index contributed by atoms with van der Waals surface area (Å²) < 4.78 is 5.00. The average molecular weight is 297 g/mol. The van der Waals surface area contributed by atoms with Crippen LogP contribution in [0.15, 0.2) is 54.6 Å². The number of esters is 1. The first-order chi connectivity index (χ1) is 10.6. The van der Waals surface area contributed by atoms with Gasteiger partial charge in [-0.15, -0.1) is 0 Å². The lowest BCUT2D eigenvalue weighted by molar-refractivity contribution is -0.144. The summed E-state index contributed by atoms with van der Waals surface area (Å²) in [5, 5.41) is 2.82. The molecule has 2 rings (SSSR count). The third kappa shape index (κ3) is 3.95. The highest BCUT2D eigenvalue weighted by molar-refractivity contribution is 6.04. The van der Waals surface area contributed by atoms with Gasteiger partial charge in [0, 0.05) is 11.3 Å². The van der Waals surface area contributed by atoms with Crippen LogP contribution in [-0.2, 0) is 9.53 Å². The molecule has 4 heteroatoms. The summed E-state index contributed by atoms with van der Waals surface area (Å²) in [5.41, 5.74) is 2.15. The van der Waals surface area contributed by atoms with Crippen LogP contribution in [0.2, 0.25) is 0 Å². The van der Waals surface area contributed by atoms with Gasteiger partial charge in [-0.3, -0.25) is 9.59 Å². The Morgan fingerprint density at radius 3 is 2.27 bits per heavy atom. The standard InChI is InChI=1S/C18H19NO3/c1-3-22-18(21)13(2)14-9-11-16(12-10-14)19-17(20)15-7-5-4-6-8-15/h4-13H,3H2,1-2H3,(H,19,20). The van der Waals surface area contributed by atoms with E-state index in [4.69, 9.17) is 4.74 Å². The topological polar surface area (TPSA) is 55.4 Å². The highest BCUT2D eigenvalue weighted by Crippen LogP contribution is 2.19. The summed E-state index contributed by atoms with van der Waals surface area (Å²) in [6, 6.07) is 16.2. The van der Waals surface area contributed by atoms with Crippen LogP contribution in [0.25, 0.3) is 0 Å². The van der Waals surface area contributed by atoms with E-state index in [1.165, 1.54) is 0 Å². The zero-order chi connectivity index (χ0) is 15.9. The molecule has 1 amide bonds. The highest BCUT2D eigenvalue weighted by Gasteiger charge is 2.16. The van der Waals surface area contributed by atoms with E-state index in [1.807, 2.05) is 30.3 Å². The van der Waals surface area contributed by atoms with Crippen LogP contribution < -0.4 is 5.32 Å². The van der Waals surface area contributed by atoms with Gasteiger partial charge in [-0.05, 0) is 43.7 Å². The van der Waals surface area contributed by atoms with Gasteiger partial charge in [0.2, 0.25) is 0 Å². The second-order valence-electron chi connectivity index (χ2n) is 4.92. The fraction of sp³-hybridized carbons (Fsp3) is 0.222. The second-order valence-corrected chi connectivity index (χ2v) is 4.92. The Labute approximate surface area is 130 Å². The number of ether oxygens (including phenoxy) is 1. The largest absolute Gasteiger partial charge is 0.466 e. The Morgan fingerprint density at radius 2 is 1.68 bits per heavy atom. The Kier molecular flexibility index (Phi) is 5.31. The van der Waals surface area contributed by atoms with E-state index in [0.29, 0.717) is 17.9 Å². The van der Waals surface area contributed by atoms with Crippen LogP contribution in [0.4, 0.5) is 5.69 Å². The monoisotopic (exact) mass is 297 g/mol. The Hall–Kier alpha value is -2.62. The van der Waals surface area contributed by atoms with Crippen LogP contribution in [0.5, 0.6) is 0 Å². The molecular formula is C18H19NO3. The minimum absolute atomic E-state index is 0.160. The van der Waals surface area contributed by atoms with E-state index < -0.39 is 0 Å². The molecule has 4 nitrogen and oxygen atoms in total. The van der Waals surface area contributed by atoms with Crippen molar-refractivity contribution in [2.45, 2.75) is 19.8 Å². The molecule has 2 aromatic carbocycles. The molecule has 0 radical (unpaired) electrons. The van der Waals surface area contributed by atoms with Crippen molar-refractivity contribution >= 4 is 17.6 Å². The molecule has 0 aliphatic rings. The van der Waals surface area contributed by atoms with Crippen molar-refractivity contribution in [3.05, 3.63) is 65.7 Å². The molecule has 0 heterocycles. The van der Waals surface area contributed by atoms with Crippen molar-refractivity contribution in [2.75, 3.05) is 11.9 Å². The molecule has 0 aromatic heterocycles. The Bertz CT molecular complexity index is 635. The maximum atomic E-state index is 12.0. The summed E-state index contributed by atoms with van der Waals surface area (Å²) in [4.78, 5) is 23.7. The zero-order valence-electron chi connectivity index (χ0n) is 12.7. The number of nitrogens with one attached hydrogen (secondary N) is 1. The van der Waals surface area contributed by atoms with Crippen LogP contribution in [-0.4, -0.2) is 18.5 Å². The first-order valence-electron chi connectivity index (χ1n) is 7.24. The smallest absolute Gasteiger partial charge is 0.313 e. The molecule has 0 saturated carbocycles. The summed E-state index contributed by atoms with van der Waals surface area (Å²) in [7, 11) is 0. The molecule has 0 bridgehead atoms. The average Bonchev–Trinajstić information content (AvgIpc) is 2.56. The van der Waals surface area contributed by atoms with Gasteiger partial charge in [-0.2, -0.15) is 0 Å². The molecule has 0 fully saturated rings. The molecule has 0 spiro atoms. The lowest BCUT2D eigenvalue weighted by Crippen LogP contribution is -2.14. The molecule has 0 aliphatic heterocycles. The molecule has 114 valence electrons. The maximum Gasteiger partial charge on any atom is 0.313 e. The van der Waals surface area contributed by atoms with Crippen LogP contribution in [0.3, 0.4) is 0 Å². The Balaban J connectivity index is 2.03. The molecule has 2 aromatic rings. The number of anilines is 1. The summed E-state index contributed by atoms with van der Waals surface area (Å²) in [5.74, 6) is -0.728. The molecule has 22 heavy (non-hydrogen) atoms. The molecule has 1 atom stereocenters. The Morgan fingerprint density at radius 1 is 1.05 bits per heavy atom. The van der Waals surface area contributed by atoms with Crippen molar-refractivity contribution in [2.24, 2.45) is 0 Å². The van der Waals surface area contributed by atoms with Gasteiger partial charge in [-0.1, -0.05) is 30.3 Å². The van der Waals surface area contributed by atoms with Crippen molar-refractivity contribution in [3.8, 4) is 0 Å². The summed E-state index contributed by atoms with van der Waals surface area (Å²) in [6.45, 7) is 3.96. The minimum Gasteiger partial charge on any atom is -0.466 e. The third-order valence-electron chi connectivity index (χ3n) is 3.34. The van der Waals surface area contributed by atoms with Crippen molar-refractivity contribution in [1.29, 1.82) is 0 Å². The number of hydrogen-bond donors (Lipinski definition) is 1. The second kappa shape index (κ2) is 7.41. The van der Waals surface area contributed by atoms with Gasteiger partial charge in [0.1, 0.15) is 0 Å². The van der Waals surface area contributed by atoms with Gasteiger partial charge in [0.15, 0.2) is 0 Å². The number of benzene rings is 2. The number of hydrogen-bond acceptors (Lipinski definition) is 3. The normalized spacial score (nSPS) is 11.5. The van der Waals surface area contributed by atoms with Gasteiger partial charge in [-0.25, -0.2) is 0 Å². The number of carbonyl (C=O) groups is 2. The number of rotatable bonds is 5. The van der Waals surface area contributed by atoms with E-state index in [0.717, 1.165) is 5.56 Å². The first kappa shape index (κ1) is 15.8. The van der Waals surface area contributed by atoms with Crippen LogP contribution in [0.1, 0.15) is 35.7 Å². The van der Waals surface area contributed by atoms with Crippen molar-refractivity contribution in [1.82, 2.24) is 0 Å². The molecule has 0 saturated heterocycles. The van der Waals surface area contributed by atoms with E-state index in [1.54, 1.807) is 38.1 Å². The quantitative estimate of drug-likeness (QED) is 0.858. The van der Waals surface area contributed by atoms with Gasteiger partial charge < -0.3 is 10.1 Å². The lowest BCUT2D eigenvalue weighted by Gasteiger charge is -2.12. The number of amides is 1. The lowest BCUT2D eigenvalue weighted by atomic mass is 10.0.